The van der Waals surface area contributed by atoms with Crippen molar-refractivity contribution < 1.29 is 0 Å². The van der Waals surface area contributed by atoms with Gasteiger partial charge in [0, 0.05) is 0 Å². The molecule has 0 saturated carbocycles. The molecule has 1 atom stereocenters. The van der Waals surface area contributed by atoms with E-state index in [9.17, 15) is 0 Å². The van der Waals surface area contributed by atoms with Crippen LogP contribution in [0, 0.1) is 0 Å². The molecule has 1 unspecified atom stereocenters. The van der Waals surface area contributed by atoms with Crippen LogP contribution >= 0.6 is 0 Å². The molecule has 0 aliphatic heterocycles. The Balaban J connectivity index is 2.37. The number of benzene rings is 1. The van der Waals surface area contributed by atoms with Gasteiger partial charge in [-0.25, -0.2) is 0 Å². The van der Waals surface area contributed by atoms with Crippen LogP contribution < -0.4 is 0 Å². The maximum absolute atomic E-state index is 3.93. The van der Waals surface area contributed by atoms with E-state index in [1.54, 1.807) is 0 Å². The average molecular weight is 240 g/mol. The fraction of sp³-hybridized carbons (Fsp3) is 0.250. The molecule has 0 bridgehead atoms. The molecule has 1 aromatic carbocycles. The first-order valence-electron chi connectivity index (χ1n) is 6.20. The van der Waals surface area contributed by atoms with Crippen molar-refractivity contribution in [3.63, 3.8) is 0 Å². The molecular formula is C16H20Si. The van der Waals surface area contributed by atoms with Crippen LogP contribution in [-0.4, -0.2) is 8.07 Å². The van der Waals surface area contributed by atoms with Gasteiger partial charge in [-0.3, -0.25) is 0 Å². The number of hydrogen-bond donors (Lipinski definition) is 0. The Morgan fingerprint density at radius 1 is 1.18 bits per heavy atom. The Kier molecular flexibility index (Phi) is 3.48. The lowest BCUT2D eigenvalue weighted by atomic mass is 10.1. The highest BCUT2D eigenvalue weighted by Gasteiger charge is 2.36. The second kappa shape index (κ2) is 4.88. The smallest absolute Gasteiger partial charge is 0.0700 e. The number of fused-ring (bicyclic) bond motifs is 1. The van der Waals surface area contributed by atoms with E-state index in [4.69, 9.17) is 0 Å². The average Bonchev–Trinajstić information content (AvgIpc) is 2.74. The quantitative estimate of drug-likeness (QED) is 0.513. The topological polar surface area (TPSA) is 0 Å². The van der Waals surface area contributed by atoms with Crippen molar-refractivity contribution in [3.8, 4) is 0 Å². The summed E-state index contributed by atoms with van der Waals surface area (Å²) in [4.78, 5) is 0. The molecule has 17 heavy (non-hydrogen) atoms. The fourth-order valence-corrected chi connectivity index (χ4v) is 6.42. The molecule has 0 amide bonds. The second-order valence-corrected chi connectivity index (χ2v) is 9.85. The van der Waals surface area contributed by atoms with Gasteiger partial charge in [-0.1, -0.05) is 55.1 Å². The van der Waals surface area contributed by atoms with E-state index < -0.39 is 8.07 Å². The zero-order valence-electron chi connectivity index (χ0n) is 10.5. The molecule has 1 aliphatic rings. The molecule has 0 spiro atoms. The summed E-state index contributed by atoms with van der Waals surface area (Å²) in [5.74, 6) is 0. The Morgan fingerprint density at radius 3 is 2.47 bits per heavy atom. The molecule has 88 valence electrons. The molecule has 0 fully saturated rings. The number of hydrogen-bond acceptors (Lipinski definition) is 0. The lowest BCUT2D eigenvalue weighted by Gasteiger charge is -2.31. The summed E-state index contributed by atoms with van der Waals surface area (Å²) in [6, 6.07) is 11.1. The largest absolute Gasteiger partial charge is 0.103 e. The summed E-state index contributed by atoms with van der Waals surface area (Å²) in [6.45, 7) is 10.3. The van der Waals surface area contributed by atoms with Crippen LogP contribution in [-0.2, 0) is 0 Å². The van der Waals surface area contributed by atoms with Crippen molar-refractivity contribution in [2.75, 3.05) is 0 Å². The van der Waals surface area contributed by atoms with Gasteiger partial charge in [-0.15, -0.1) is 13.2 Å². The summed E-state index contributed by atoms with van der Waals surface area (Å²) in [7, 11) is -1.39. The lowest BCUT2D eigenvalue weighted by Crippen LogP contribution is -2.35. The minimum absolute atomic E-state index is 0.620. The third-order valence-corrected chi connectivity index (χ3v) is 8.22. The molecule has 1 aliphatic carbocycles. The zero-order valence-corrected chi connectivity index (χ0v) is 11.5. The molecule has 2 rings (SSSR count). The van der Waals surface area contributed by atoms with Crippen molar-refractivity contribution in [3.05, 3.63) is 66.8 Å². The molecule has 0 saturated heterocycles. The maximum Gasteiger partial charge on any atom is 0.0700 e. The van der Waals surface area contributed by atoms with Gasteiger partial charge in [0.05, 0.1) is 8.07 Å². The van der Waals surface area contributed by atoms with Crippen LogP contribution in [0.15, 0.2) is 55.7 Å². The number of rotatable bonds is 5. The number of allylic oxidation sites excluding steroid dienone is 3. The highest BCUT2D eigenvalue weighted by molar-refractivity contribution is 6.81. The zero-order chi connectivity index (χ0) is 12.3. The molecule has 0 N–H and O–H groups in total. The lowest BCUT2D eigenvalue weighted by molar-refractivity contribution is 1.12. The van der Waals surface area contributed by atoms with Crippen LogP contribution in [0.25, 0.3) is 6.08 Å². The van der Waals surface area contributed by atoms with Gasteiger partial charge in [0.1, 0.15) is 0 Å². The Hall–Kier alpha value is -1.34. The van der Waals surface area contributed by atoms with E-state index in [-0.39, 0.29) is 0 Å². The summed E-state index contributed by atoms with van der Waals surface area (Å²) >= 11 is 0. The van der Waals surface area contributed by atoms with Crippen LogP contribution in [0.1, 0.15) is 16.7 Å². The van der Waals surface area contributed by atoms with Gasteiger partial charge >= 0.3 is 0 Å². The van der Waals surface area contributed by atoms with Gasteiger partial charge in [0.15, 0.2) is 0 Å². The highest BCUT2D eigenvalue weighted by atomic mass is 28.3. The predicted octanol–water partition coefficient (Wildman–Crippen LogP) is 4.79. The molecule has 1 aromatic rings. The van der Waals surface area contributed by atoms with E-state index in [0.717, 1.165) is 12.1 Å². The predicted molar refractivity (Wildman–Crippen MR) is 79.8 cm³/mol. The standard InChI is InChI=1S/C16H20Si/c1-4-12-17(3,13-5-2)16-11-10-14-8-6-7-9-15(14)16/h4-11,16H,1-2,12-13H2,3H3. The van der Waals surface area contributed by atoms with Crippen molar-refractivity contribution in [1.29, 1.82) is 0 Å². The first-order chi connectivity index (χ1) is 8.21. The van der Waals surface area contributed by atoms with E-state index in [0.29, 0.717) is 5.54 Å². The molecule has 0 heterocycles. The SMILES string of the molecule is C=CC[Si](C)(CC=C)C1C=Cc2ccccc21. The first kappa shape index (κ1) is 12.1. The van der Waals surface area contributed by atoms with Crippen molar-refractivity contribution in [1.82, 2.24) is 0 Å². The van der Waals surface area contributed by atoms with Crippen molar-refractivity contribution in [2.24, 2.45) is 0 Å². The molecule has 1 heteroatoms. The summed E-state index contributed by atoms with van der Waals surface area (Å²) < 4.78 is 0. The maximum atomic E-state index is 3.93. The third-order valence-electron chi connectivity index (χ3n) is 3.77. The minimum atomic E-state index is -1.39. The monoisotopic (exact) mass is 240 g/mol. The Labute approximate surface area is 105 Å². The molecule has 0 aromatic heterocycles. The molecule has 0 radical (unpaired) electrons. The van der Waals surface area contributed by atoms with Gasteiger partial charge in [-0.05, 0) is 28.8 Å². The fourth-order valence-electron chi connectivity index (χ4n) is 2.85. The molecular weight excluding hydrogens is 220 g/mol. The van der Waals surface area contributed by atoms with Crippen molar-refractivity contribution in [2.45, 2.75) is 24.2 Å². The van der Waals surface area contributed by atoms with Crippen molar-refractivity contribution >= 4 is 14.1 Å². The van der Waals surface area contributed by atoms with Crippen LogP contribution in [0.2, 0.25) is 18.6 Å². The van der Waals surface area contributed by atoms with Crippen LogP contribution in [0.4, 0.5) is 0 Å². The van der Waals surface area contributed by atoms with E-state index in [1.807, 2.05) is 0 Å². The Bertz CT molecular complexity index is 446. The van der Waals surface area contributed by atoms with Crippen LogP contribution in [0.3, 0.4) is 0 Å². The van der Waals surface area contributed by atoms with E-state index in [1.165, 1.54) is 11.1 Å². The highest BCUT2D eigenvalue weighted by Crippen LogP contribution is 2.40. The third kappa shape index (κ3) is 2.20. The summed E-state index contributed by atoms with van der Waals surface area (Å²) in [6.07, 6.45) is 8.84. The van der Waals surface area contributed by atoms with Gasteiger partial charge in [-0.2, -0.15) is 0 Å². The van der Waals surface area contributed by atoms with Gasteiger partial charge < -0.3 is 0 Å². The second-order valence-electron chi connectivity index (χ2n) is 5.11. The minimum Gasteiger partial charge on any atom is -0.103 e. The Morgan fingerprint density at radius 2 is 1.82 bits per heavy atom. The summed E-state index contributed by atoms with van der Waals surface area (Å²) in [5.41, 5.74) is 3.52. The summed E-state index contributed by atoms with van der Waals surface area (Å²) in [5, 5.41) is 0. The van der Waals surface area contributed by atoms with Gasteiger partial charge in [0.2, 0.25) is 0 Å². The first-order valence-corrected chi connectivity index (χ1v) is 9.19. The van der Waals surface area contributed by atoms with E-state index in [2.05, 4.69) is 68.3 Å². The van der Waals surface area contributed by atoms with E-state index >= 15 is 0 Å². The van der Waals surface area contributed by atoms with Gasteiger partial charge in [0.25, 0.3) is 0 Å². The van der Waals surface area contributed by atoms with Crippen LogP contribution in [0.5, 0.6) is 0 Å². The molecule has 0 nitrogen and oxygen atoms in total. The normalized spacial score (nSPS) is 17.8.